The Labute approximate surface area is 116 Å². The van der Waals surface area contributed by atoms with Gasteiger partial charge in [-0.1, -0.05) is 29.3 Å². The molecular weight excluding hydrogens is 273 g/mol. The number of rotatable bonds is 5. The molecule has 0 amide bonds. The third-order valence-electron chi connectivity index (χ3n) is 2.69. The van der Waals surface area contributed by atoms with E-state index in [0.717, 1.165) is 25.1 Å². The highest BCUT2D eigenvalue weighted by Gasteiger charge is 2.15. The van der Waals surface area contributed by atoms with Gasteiger partial charge in [-0.3, -0.25) is 0 Å². The predicted octanol–water partition coefficient (Wildman–Crippen LogP) is 1.84. The molecule has 0 aliphatic carbocycles. The Bertz CT molecular complexity index is 451. The standard InChI is InChI=1S/C12H15Cl2N3O/c13-10-2-1-8(5-11(10)14)3-4-16-6-9-7-18-12(15)17-9/h1-2,5,9,16H,3-4,6-7H2,(H2,15,17)/t9-/m0/s1. The second-order valence-electron chi connectivity index (χ2n) is 4.13. The summed E-state index contributed by atoms with van der Waals surface area (Å²) in [5.41, 5.74) is 6.58. The molecule has 1 heterocycles. The van der Waals surface area contributed by atoms with Crippen molar-refractivity contribution in [1.29, 1.82) is 0 Å². The Kier molecular flexibility index (Phi) is 4.69. The van der Waals surface area contributed by atoms with Gasteiger partial charge in [0, 0.05) is 6.54 Å². The lowest BCUT2D eigenvalue weighted by Gasteiger charge is -2.08. The molecule has 3 N–H and O–H groups in total. The molecule has 1 aliphatic heterocycles. The fourth-order valence-corrected chi connectivity index (χ4v) is 2.06. The van der Waals surface area contributed by atoms with Crippen LogP contribution in [0.4, 0.5) is 0 Å². The van der Waals surface area contributed by atoms with Crippen molar-refractivity contribution in [2.45, 2.75) is 12.5 Å². The summed E-state index contributed by atoms with van der Waals surface area (Å²) in [7, 11) is 0. The number of nitrogens with two attached hydrogens (primary N) is 1. The largest absolute Gasteiger partial charge is 0.463 e. The molecular formula is C12H15Cl2N3O. The number of aliphatic imine (C=N–C) groups is 1. The van der Waals surface area contributed by atoms with Crippen molar-refractivity contribution in [1.82, 2.24) is 5.32 Å². The second-order valence-corrected chi connectivity index (χ2v) is 4.95. The highest BCUT2D eigenvalue weighted by atomic mass is 35.5. The van der Waals surface area contributed by atoms with E-state index in [1.807, 2.05) is 18.2 Å². The minimum absolute atomic E-state index is 0.124. The van der Waals surface area contributed by atoms with Gasteiger partial charge in [-0.25, -0.2) is 4.99 Å². The average molecular weight is 288 g/mol. The van der Waals surface area contributed by atoms with Crippen molar-refractivity contribution >= 4 is 29.2 Å². The number of hydrogen-bond acceptors (Lipinski definition) is 4. The monoisotopic (exact) mass is 287 g/mol. The molecule has 4 nitrogen and oxygen atoms in total. The van der Waals surface area contributed by atoms with Gasteiger partial charge in [-0.05, 0) is 30.7 Å². The number of amidine groups is 1. The van der Waals surface area contributed by atoms with Crippen LogP contribution >= 0.6 is 23.2 Å². The fraction of sp³-hybridized carbons (Fsp3) is 0.417. The molecule has 0 unspecified atom stereocenters. The van der Waals surface area contributed by atoms with Crippen molar-refractivity contribution in [2.24, 2.45) is 10.7 Å². The van der Waals surface area contributed by atoms with E-state index in [9.17, 15) is 0 Å². The van der Waals surface area contributed by atoms with E-state index in [4.69, 9.17) is 33.7 Å². The number of nitrogens with zero attached hydrogens (tertiary/aromatic N) is 1. The molecule has 18 heavy (non-hydrogen) atoms. The van der Waals surface area contributed by atoms with Crippen LogP contribution < -0.4 is 11.1 Å². The van der Waals surface area contributed by atoms with Crippen molar-refractivity contribution in [3.05, 3.63) is 33.8 Å². The van der Waals surface area contributed by atoms with Crippen molar-refractivity contribution in [3.8, 4) is 0 Å². The van der Waals surface area contributed by atoms with E-state index < -0.39 is 0 Å². The SMILES string of the molecule is NC1=N[C@@H](CNCCc2ccc(Cl)c(Cl)c2)CO1. The van der Waals surface area contributed by atoms with Gasteiger partial charge < -0.3 is 15.8 Å². The maximum Gasteiger partial charge on any atom is 0.282 e. The number of benzene rings is 1. The fourth-order valence-electron chi connectivity index (χ4n) is 1.74. The summed E-state index contributed by atoms with van der Waals surface area (Å²) in [6.45, 7) is 2.18. The highest BCUT2D eigenvalue weighted by molar-refractivity contribution is 6.42. The molecule has 1 aromatic carbocycles. The van der Waals surface area contributed by atoms with Crippen LogP contribution in [0.1, 0.15) is 5.56 Å². The molecule has 0 fully saturated rings. The lowest BCUT2D eigenvalue weighted by Crippen LogP contribution is -2.28. The van der Waals surface area contributed by atoms with Crippen LogP contribution in [0.2, 0.25) is 10.0 Å². The number of halogens is 2. The zero-order chi connectivity index (χ0) is 13.0. The summed E-state index contributed by atoms with van der Waals surface area (Å²) < 4.78 is 5.07. The Balaban J connectivity index is 1.70. The van der Waals surface area contributed by atoms with Gasteiger partial charge in [0.1, 0.15) is 12.6 Å². The molecule has 0 saturated heterocycles. The van der Waals surface area contributed by atoms with E-state index in [1.54, 1.807) is 0 Å². The van der Waals surface area contributed by atoms with Crippen LogP contribution in [0, 0.1) is 0 Å². The zero-order valence-electron chi connectivity index (χ0n) is 9.83. The molecule has 0 bridgehead atoms. The second kappa shape index (κ2) is 6.27. The minimum Gasteiger partial charge on any atom is -0.463 e. The molecule has 1 aromatic rings. The normalized spacial score (nSPS) is 18.6. The average Bonchev–Trinajstić information content (AvgIpc) is 2.75. The Morgan fingerprint density at radius 3 is 2.89 bits per heavy atom. The molecule has 1 atom stereocenters. The van der Waals surface area contributed by atoms with Crippen LogP contribution in [0.15, 0.2) is 23.2 Å². The van der Waals surface area contributed by atoms with Crippen LogP contribution in [0.25, 0.3) is 0 Å². The van der Waals surface area contributed by atoms with Gasteiger partial charge in [0.2, 0.25) is 0 Å². The van der Waals surface area contributed by atoms with Gasteiger partial charge in [-0.15, -0.1) is 0 Å². The van der Waals surface area contributed by atoms with E-state index in [1.165, 1.54) is 0 Å². The van der Waals surface area contributed by atoms with Gasteiger partial charge >= 0.3 is 0 Å². The summed E-state index contributed by atoms with van der Waals surface area (Å²) in [5, 5.41) is 4.49. The third-order valence-corrected chi connectivity index (χ3v) is 3.43. The molecule has 0 radical (unpaired) electrons. The Morgan fingerprint density at radius 1 is 1.39 bits per heavy atom. The highest BCUT2D eigenvalue weighted by Crippen LogP contribution is 2.22. The quantitative estimate of drug-likeness (QED) is 0.813. The van der Waals surface area contributed by atoms with Gasteiger partial charge in [0.15, 0.2) is 0 Å². The van der Waals surface area contributed by atoms with E-state index >= 15 is 0 Å². The molecule has 0 aromatic heterocycles. The summed E-state index contributed by atoms with van der Waals surface area (Å²) >= 11 is 11.8. The first kappa shape index (κ1) is 13.5. The van der Waals surface area contributed by atoms with E-state index in [0.29, 0.717) is 16.7 Å². The summed E-state index contributed by atoms with van der Waals surface area (Å²) in [6, 6.07) is 6.09. The maximum absolute atomic E-state index is 5.95. The zero-order valence-corrected chi connectivity index (χ0v) is 11.3. The molecule has 2 rings (SSSR count). The van der Waals surface area contributed by atoms with E-state index in [-0.39, 0.29) is 12.1 Å². The maximum atomic E-state index is 5.95. The van der Waals surface area contributed by atoms with Gasteiger partial charge in [0.05, 0.1) is 10.0 Å². The first-order chi connectivity index (χ1) is 8.65. The summed E-state index contributed by atoms with van der Waals surface area (Å²) in [5.74, 6) is 0. The van der Waals surface area contributed by atoms with Gasteiger partial charge in [0.25, 0.3) is 6.02 Å². The minimum atomic E-state index is 0.124. The topological polar surface area (TPSA) is 59.6 Å². The Morgan fingerprint density at radius 2 is 2.22 bits per heavy atom. The molecule has 6 heteroatoms. The van der Waals surface area contributed by atoms with Crippen LogP contribution in [0.5, 0.6) is 0 Å². The smallest absolute Gasteiger partial charge is 0.282 e. The summed E-state index contributed by atoms with van der Waals surface area (Å²) in [6.07, 6.45) is 0.893. The van der Waals surface area contributed by atoms with Crippen LogP contribution in [0.3, 0.4) is 0 Å². The molecule has 1 aliphatic rings. The number of ether oxygens (including phenoxy) is 1. The van der Waals surface area contributed by atoms with Crippen LogP contribution in [-0.4, -0.2) is 31.8 Å². The first-order valence-corrected chi connectivity index (χ1v) is 6.51. The lowest BCUT2D eigenvalue weighted by atomic mass is 10.1. The summed E-state index contributed by atoms with van der Waals surface area (Å²) in [4.78, 5) is 4.13. The molecule has 0 saturated carbocycles. The van der Waals surface area contributed by atoms with E-state index in [2.05, 4.69) is 10.3 Å². The van der Waals surface area contributed by atoms with Gasteiger partial charge in [-0.2, -0.15) is 0 Å². The predicted molar refractivity (Wildman–Crippen MR) is 74.4 cm³/mol. The lowest BCUT2D eigenvalue weighted by molar-refractivity contribution is 0.309. The third kappa shape index (κ3) is 3.77. The molecule has 0 spiro atoms. The molecule has 98 valence electrons. The van der Waals surface area contributed by atoms with Crippen molar-refractivity contribution in [2.75, 3.05) is 19.7 Å². The Hall–Kier alpha value is -0.970. The van der Waals surface area contributed by atoms with Crippen LogP contribution in [-0.2, 0) is 11.2 Å². The number of hydrogen-bond donors (Lipinski definition) is 2. The van der Waals surface area contributed by atoms with Crippen molar-refractivity contribution in [3.63, 3.8) is 0 Å². The number of nitrogens with one attached hydrogen (secondary N) is 1. The first-order valence-electron chi connectivity index (χ1n) is 5.76. The van der Waals surface area contributed by atoms with Crippen molar-refractivity contribution < 1.29 is 4.74 Å².